The minimum absolute atomic E-state index is 0.730. The number of hydrogen-bond acceptors (Lipinski definition) is 3. The van der Waals surface area contributed by atoms with Crippen LogP contribution in [-0.4, -0.2) is 21.3 Å². The molecule has 0 saturated heterocycles. The van der Waals surface area contributed by atoms with Crippen molar-refractivity contribution < 1.29 is 29.0 Å². The first-order valence-corrected chi connectivity index (χ1v) is 10.4. The molecule has 0 saturated carbocycles. The molecule has 23 heavy (non-hydrogen) atoms. The molecule has 0 aromatic carbocycles. The molecule has 0 aliphatic heterocycles. The van der Waals surface area contributed by atoms with Gasteiger partial charge in [0.15, 0.2) is 0 Å². The normalized spacial score (nSPS) is 31.0. The van der Waals surface area contributed by atoms with Gasteiger partial charge in [0.05, 0.1) is 0 Å². The first-order valence-electron chi connectivity index (χ1n) is 8.47. The Balaban J connectivity index is 0.000000322. The number of rotatable bonds is 3. The van der Waals surface area contributed by atoms with Gasteiger partial charge in [-0.05, 0) is 48.7 Å². The molecule has 0 aromatic rings. The maximum atomic E-state index is 4.77. The zero-order chi connectivity index (χ0) is 17.9. The van der Waals surface area contributed by atoms with E-state index in [4.69, 9.17) is 9.96 Å². The van der Waals surface area contributed by atoms with Crippen LogP contribution in [0.2, 0.25) is 0 Å². The Labute approximate surface area is 150 Å². The fraction of sp³-hybridized carbons (Fsp3) is 0.737. The molecule has 0 amide bonds. The van der Waals surface area contributed by atoms with Crippen LogP contribution in [0.3, 0.4) is 0 Å². The average Bonchev–Trinajstić information content (AvgIpc) is 2.77. The SMILES string of the molecule is C[C]1C(C)=C(C)C2=C1C(C)C(C)C(C)C2C.C[O][Ti]([O]C)[O]C. The molecule has 2 rings (SSSR count). The van der Waals surface area contributed by atoms with Gasteiger partial charge in [0.25, 0.3) is 0 Å². The summed E-state index contributed by atoms with van der Waals surface area (Å²) < 4.78 is 14.3. The molecular weight excluding hydrogens is 324 g/mol. The second-order valence-electron chi connectivity index (χ2n) is 6.86. The Hall–Kier alpha value is 0.0743. The summed E-state index contributed by atoms with van der Waals surface area (Å²) in [5.41, 5.74) is 6.44. The summed E-state index contributed by atoms with van der Waals surface area (Å²) in [4.78, 5) is 0. The number of allylic oxidation sites excluding steroid dienone is 4. The van der Waals surface area contributed by atoms with Crippen molar-refractivity contribution in [1.82, 2.24) is 0 Å². The standard InChI is InChI=1S/C16H25.3CH3O.Ti/c1-8-9(2)12(5)16-14(7)10(3)13(6)15(16)11(8)4;3*1-2;/h8-9,11-12H,1-7H3;3*1H3;/q;3*-1;+3. The second kappa shape index (κ2) is 8.96. The van der Waals surface area contributed by atoms with E-state index in [1.54, 1.807) is 44.0 Å². The van der Waals surface area contributed by atoms with Crippen LogP contribution in [0.25, 0.3) is 0 Å². The summed E-state index contributed by atoms with van der Waals surface area (Å²) in [7, 11) is 4.76. The van der Waals surface area contributed by atoms with Gasteiger partial charge < -0.3 is 0 Å². The van der Waals surface area contributed by atoms with E-state index in [0.29, 0.717) is 0 Å². The predicted molar refractivity (Wildman–Crippen MR) is 92.0 cm³/mol. The van der Waals surface area contributed by atoms with E-state index in [2.05, 4.69) is 48.5 Å². The minimum atomic E-state index is -1.90. The van der Waals surface area contributed by atoms with Crippen molar-refractivity contribution in [3.63, 3.8) is 0 Å². The maximum absolute atomic E-state index is 4.77. The molecule has 4 heteroatoms. The summed E-state index contributed by atoms with van der Waals surface area (Å²) in [6.45, 7) is 16.6. The first kappa shape index (κ1) is 21.1. The van der Waals surface area contributed by atoms with Gasteiger partial charge in [-0.25, -0.2) is 0 Å². The van der Waals surface area contributed by atoms with Gasteiger partial charge in [-0.15, -0.1) is 0 Å². The van der Waals surface area contributed by atoms with Gasteiger partial charge >= 0.3 is 50.3 Å². The van der Waals surface area contributed by atoms with Crippen molar-refractivity contribution in [1.29, 1.82) is 0 Å². The van der Waals surface area contributed by atoms with Crippen LogP contribution < -0.4 is 0 Å². The quantitative estimate of drug-likeness (QED) is 0.659. The first-order chi connectivity index (χ1) is 10.7. The zero-order valence-corrected chi connectivity index (χ0v) is 18.1. The van der Waals surface area contributed by atoms with Crippen molar-refractivity contribution >= 4 is 0 Å². The van der Waals surface area contributed by atoms with Gasteiger partial charge in [0, 0.05) is 5.92 Å². The van der Waals surface area contributed by atoms with Crippen LogP contribution in [0.1, 0.15) is 48.5 Å². The molecular formula is C19H34O3Ti. The molecule has 2 aliphatic rings. The van der Waals surface area contributed by atoms with Crippen LogP contribution in [0.4, 0.5) is 0 Å². The van der Waals surface area contributed by atoms with Gasteiger partial charge in [0.2, 0.25) is 0 Å². The van der Waals surface area contributed by atoms with Crippen molar-refractivity contribution in [3.05, 3.63) is 28.2 Å². The topological polar surface area (TPSA) is 27.7 Å². The summed E-state index contributed by atoms with van der Waals surface area (Å²) in [6, 6.07) is 0. The van der Waals surface area contributed by atoms with Crippen molar-refractivity contribution in [2.75, 3.05) is 21.3 Å². The van der Waals surface area contributed by atoms with E-state index in [1.165, 1.54) is 5.57 Å². The van der Waals surface area contributed by atoms with E-state index in [9.17, 15) is 0 Å². The Morgan fingerprint density at radius 2 is 1.04 bits per heavy atom. The molecule has 0 bridgehead atoms. The molecule has 0 fully saturated rings. The molecule has 0 aromatic heterocycles. The van der Waals surface area contributed by atoms with Gasteiger partial charge in [-0.1, -0.05) is 45.8 Å². The molecule has 4 atom stereocenters. The van der Waals surface area contributed by atoms with Crippen LogP contribution in [-0.2, 0) is 29.0 Å². The van der Waals surface area contributed by atoms with E-state index < -0.39 is 19.0 Å². The molecule has 0 spiro atoms. The van der Waals surface area contributed by atoms with Gasteiger partial charge in [-0.3, -0.25) is 0 Å². The molecule has 4 unspecified atom stereocenters. The molecule has 2 aliphatic carbocycles. The second-order valence-corrected chi connectivity index (χ2v) is 9.55. The average molecular weight is 358 g/mol. The fourth-order valence-corrected chi connectivity index (χ4v) is 4.73. The van der Waals surface area contributed by atoms with E-state index in [1.807, 2.05) is 0 Å². The zero-order valence-electron chi connectivity index (χ0n) is 16.5. The van der Waals surface area contributed by atoms with Crippen LogP contribution in [0.15, 0.2) is 22.3 Å². The van der Waals surface area contributed by atoms with Gasteiger partial charge in [-0.2, -0.15) is 0 Å². The summed E-state index contributed by atoms with van der Waals surface area (Å²) >= 11 is -1.90. The third-order valence-electron chi connectivity index (χ3n) is 6.04. The van der Waals surface area contributed by atoms with Crippen LogP contribution >= 0.6 is 0 Å². The Bertz CT molecular complexity index is 460. The van der Waals surface area contributed by atoms with Crippen LogP contribution in [0, 0.1) is 29.6 Å². The van der Waals surface area contributed by atoms with E-state index in [-0.39, 0.29) is 0 Å². The van der Waals surface area contributed by atoms with Crippen molar-refractivity contribution in [3.8, 4) is 0 Å². The van der Waals surface area contributed by atoms with Crippen molar-refractivity contribution in [2.45, 2.75) is 48.5 Å². The molecule has 0 heterocycles. The Kier molecular flexibility index (Phi) is 8.23. The third-order valence-corrected chi connectivity index (χ3v) is 7.60. The Morgan fingerprint density at radius 1 is 0.652 bits per heavy atom. The molecule has 3 nitrogen and oxygen atoms in total. The van der Waals surface area contributed by atoms with Gasteiger partial charge in [0.1, 0.15) is 0 Å². The molecule has 0 N–H and O–H groups in total. The summed E-state index contributed by atoms with van der Waals surface area (Å²) in [5, 5.41) is 0. The molecule has 1 radical (unpaired) electrons. The van der Waals surface area contributed by atoms with E-state index in [0.717, 1.165) is 23.7 Å². The Morgan fingerprint density at radius 3 is 1.39 bits per heavy atom. The molecule has 132 valence electrons. The third kappa shape index (κ3) is 4.19. The number of hydrogen-bond donors (Lipinski definition) is 0. The summed E-state index contributed by atoms with van der Waals surface area (Å²) in [5.74, 6) is 4.64. The van der Waals surface area contributed by atoms with Crippen LogP contribution in [0.5, 0.6) is 0 Å². The summed E-state index contributed by atoms with van der Waals surface area (Å²) in [6.07, 6.45) is 0. The monoisotopic (exact) mass is 358 g/mol. The van der Waals surface area contributed by atoms with Crippen molar-refractivity contribution in [2.24, 2.45) is 23.7 Å². The predicted octanol–water partition coefficient (Wildman–Crippen LogP) is 5.07. The fourth-order valence-electron chi connectivity index (χ4n) is 3.95. The van der Waals surface area contributed by atoms with E-state index >= 15 is 0 Å².